The summed E-state index contributed by atoms with van der Waals surface area (Å²) >= 11 is 0. The molecule has 2 aromatic rings. The zero-order chi connectivity index (χ0) is 12.5. The Balaban J connectivity index is 1.79. The molecule has 0 aliphatic heterocycles. The second kappa shape index (κ2) is 4.62. The highest BCUT2D eigenvalue weighted by Gasteiger charge is 2.15. The van der Waals surface area contributed by atoms with E-state index < -0.39 is 6.10 Å². The molecule has 0 fully saturated rings. The van der Waals surface area contributed by atoms with Crippen LogP contribution in [0.15, 0.2) is 34.9 Å². The maximum absolute atomic E-state index is 10.2. The van der Waals surface area contributed by atoms with E-state index in [4.69, 9.17) is 4.42 Å². The van der Waals surface area contributed by atoms with Gasteiger partial charge in [-0.1, -0.05) is 18.2 Å². The summed E-state index contributed by atoms with van der Waals surface area (Å²) in [5, 5.41) is 10.2. The Hall–Kier alpha value is -1.54. The molecule has 0 bridgehead atoms. The summed E-state index contributed by atoms with van der Waals surface area (Å²) in [7, 11) is 0. The van der Waals surface area contributed by atoms with Crippen LogP contribution in [-0.4, -0.2) is 5.11 Å². The van der Waals surface area contributed by atoms with Gasteiger partial charge in [0.1, 0.15) is 5.76 Å². The largest absolute Gasteiger partial charge is 0.469 e. The van der Waals surface area contributed by atoms with Crippen LogP contribution in [0.4, 0.5) is 0 Å². The van der Waals surface area contributed by atoms with E-state index in [1.54, 1.807) is 6.26 Å². The zero-order valence-corrected chi connectivity index (χ0v) is 10.6. The van der Waals surface area contributed by atoms with Gasteiger partial charge in [-0.05, 0) is 48.9 Å². The van der Waals surface area contributed by atoms with E-state index >= 15 is 0 Å². The average molecular weight is 242 g/mol. The number of hydrogen-bond donors (Lipinski definition) is 1. The van der Waals surface area contributed by atoms with E-state index in [1.807, 2.05) is 13.0 Å². The lowest BCUT2D eigenvalue weighted by molar-refractivity contribution is 0.176. The van der Waals surface area contributed by atoms with Crippen molar-refractivity contribution in [2.24, 2.45) is 0 Å². The van der Waals surface area contributed by atoms with Crippen LogP contribution in [0.3, 0.4) is 0 Å². The van der Waals surface area contributed by atoms with Crippen molar-refractivity contribution in [2.45, 2.75) is 38.7 Å². The van der Waals surface area contributed by atoms with Crippen molar-refractivity contribution >= 4 is 0 Å². The number of aliphatic hydroxyl groups excluding tert-OH is 1. The number of rotatable bonds is 3. The van der Waals surface area contributed by atoms with E-state index in [1.165, 1.54) is 36.0 Å². The summed E-state index contributed by atoms with van der Waals surface area (Å²) in [6.45, 7) is 1.89. The fraction of sp³-hybridized carbons (Fsp3) is 0.375. The summed E-state index contributed by atoms with van der Waals surface area (Å²) in [5.74, 6) is 0.809. The third kappa shape index (κ3) is 2.08. The minimum Gasteiger partial charge on any atom is -0.469 e. The van der Waals surface area contributed by atoms with Gasteiger partial charge in [-0.3, -0.25) is 0 Å². The molecule has 0 radical (unpaired) electrons. The lowest BCUT2D eigenvalue weighted by Crippen LogP contribution is -2.02. The molecule has 3 rings (SSSR count). The number of hydrogen-bond acceptors (Lipinski definition) is 2. The van der Waals surface area contributed by atoms with Crippen LogP contribution in [0.1, 0.15) is 40.5 Å². The van der Waals surface area contributed by atoms with Crippen molar-refractivity contribution in [3.63, 3.8) is 0 Å². The molecule has 18 heavy (non-hydrogen) atoms. The Bertz CT molecular complexity index is 554. The molecule has 0 spiro atoms. The van der Waals surface area contributed by atoms with E-state index in [0.29, 0.717) is 6.42 Å². The molecule has 2 nitrogen and oxygen atoms in total. The Morgan fingerprint density at radius 2 is 2.06 bits per heavy atom. The lowest BCUT2D eigenvalue weighted by Gasteiger charge is -2.11. The molecule has 2 heteroatoms. The Kier molecular flexibility index (Phi) is 2.96. The van der Waals surface area contributed by atoms with Gasteiger partial charge >= 0.3 is 0 Å². The van der Waals surface area contributed by atoms with Crippen molar-refractivity contribution in [1.29, 1.82) is 0 Å². The Morgan fingerprint density at radius 1 is 1.22 bits per heavy atom. The van der Waals surface area contributed by atoms with Crippen LogP contribution in [0.2, 0.25) is 0 Å². The molecule has 1 atom stereocenters. The van der Waals surface area contributed by atoms with E-state index in [2.05, 4.69) is 18.2 Å². The molecule has 1 heterocycles. The molecule has 1 aromatic carbocycles. The topological polar surface area (TPSA) is 33.4 Å². The number of aryl methyl sites for hydroxylation is 3. The summed E-state index contributed by atoms with van der Waals surface area (Å²) in [6, 6.07) is 8.46. The van der Waals surface area contributed by atoms with Crippen molar-refractivity contribution in [1.82, 2.24) is 0 Å². The zero-order valence-electron chi connectivity index (χ0n) is 10.6. The third-order valence-electron chi connectivity index (χ3n) is 3.85. The standard InChI is InChI=1S/C16H18O2/c1-11-15(7-8-18-11)16(17)10-12-5-6-13-3-2-4-14(13)9-12/h5-9,16-17H,2-4,10H2,1H3. The Labute approximate surface area is 107 Å². The second-order valence-corrected chi connectivity index (χ2v) is 5.11. The van der Waals surface area contributed by atoms with Crippen molar-refractivity contribution in [3.8, 4) is 0 Å². The predicted octanol–water partition coefficient (Wildman–Crippen LogP) is 3.35. The van der Waals surface area contributed by atoms with Crippen molar-refractivity contribution in [3.05, 3.63) is 58.5 Å². The quantitative estimate of drug-likeness (QED) is 0.895. The second-order valence-electron chi connectivity index (χ2n) is 5.11. The third-order valence-corrected chi connectivity index (χ3v) is 3.85. The van der Waals surface area contributed by atoms with Gasteiger partial charge in [0, 0.05) is 12.0 Å². The first-order chi connectivity index (χ1) is 8.74. The maximum atomic E-state index is 10.2. The van der Waals surface area contributed by atoms with Crippen LogP contribution in [0, 0.1) is 6.92 Å². The number of benzene rings is 1. The monoisotopic (exact) mass is 242 g/mol. The number of fused-ring (bicyclic) bond motifs is 1. The summed E-state index contributed by atoms with van der Waals surface area (Å²) in [6.07, 6.45) is 5.48. The van der Waals surface area contributed by atoms with Crippen molar-refractivity contribution < 1.29 is 9.52 Å². The van der Waals surface area contributed by atoms with Crippen LogP contribution < -0.4 is 0 Å². The highest BCUT2D eigenvalue weighted by molar-refractivity contribution is 5.36. The first kappa shape index (κ1) is 11.5. The average Bonchev–Trinajstić information content (AvgIpc) is 2.96. The summed E-state index contributed by atoms with van der Waals surface area (Å²) in [4.78, 5) is 0. The molecule has 0 amide bonds. The molecule has 1 N–H and O–H groups in total. The number of aliphatic hydroxyl groups is 1. The molecule has 1 aliphatic rings. The van der Waals surface area contributed by atoms with Gasteiger partial charge in [-0.2, -0.15) is 0 Å². The molecular formula is C16H18O2. The van der Waals surface area contributed by atoms with Gasteiger partial charge < -0.3 is 9.52 Å². The minimum absolute atomic E-state index is 0.469. The molecular weight excluding hydrogens is 224 g/mol. The fourth-order valence-electron chi connectivity index (χ4n) is 2.83. The number of furan rings is 1. The smallest absolute Gasteiger partial charge is 0.106 e. The maximum Gasteiger partial charge on any atom is 0.106 e. The molecule has 1 aromatic heterocycles. The van der Waals surface area contributed by atoms with Gasteiger partial charge in [0.05, 0.1) is 12.4 Å². The molecule has 94 valence electrons. The van der Waals surface area contributed by atoms with Gasteiger partial charge in [0.15, 0.2) is 0 Å². The van der Waals surface area contributed by atoms with E-state index in [-0.39, 0.29) is 0 Å². The lowest BCUT2D eigenvalue weighted by atomic mass is 9.99. The van der Waals surface area contributed by atoms with Crippen LogP contribution in [0.25, 0.3) is 0 Å². The van der Waals surface area contributed by atoms with E-state index in [0.717, 1.165) is 11.3 Å². The Morgan fingerprint density at radius 3 is 2.83 bits per heavy atom. The molecule has 1 unspecified atom stereocenters. The van der Waals surface area contributed by atoms with Crippen molar-refractivity contribution in [2.75, 3.05) is 0 Å². The highest BCUT2D eigenvalue weighted by Crippen LogP contribution is 2.26. The van der Waals surface area contributed by atoms with E-state index in [9.17, 15) is 5.11 Å². The van der Waals surface area contributed by atoms with Gasteiger partial charge in [-0.25, -0.2) is 0 Å². The predicted molar refractivity (Wildman–Crippen MR) is 70.6 cm³/mol. The summed E-state index contributed by atoms with van der Waals surface area (Å²) < 4.78 is 5.24. The minimum atomic E-state index is -0.469. The first-order valence-corrected chi connectivity index (χ1v) is 6.57. The van der Waals surface area contributed by atoms with Crippen LogP contribution >= 0.6 is 0 Å². The van der Waals surface area contributed by atoms with Gasteiger partial charge in [0.25, 0.3) is 0 Å². The van der Waals surface area contributed by atoms with Gasteiger partial charge in [-0.15, -0.1) is 0 Å². The summed E-state index contributed by atoms with van der Waals surface area (Å²) in [5.41, 5.74) is 5.05. The first-order valence-electron chi connectivity index (χ1n) is 6.57. The van der Waals surface area contributed by atoms with Crippen LogP contribution in [-0.2, 0) is 19.3 Å². The SMILES string of the molecule is Cc1occc1C(O)Cc1ccc2c(c1)CCC2. The molecule has 1 aliphatic carbocycles. The normalized spacial score (nSPS) is 15.7. The fourth-order valence-corrected chi connectivity index (χ4v) is 2.83. The van der Waals surface area contributed by atoms with Gasteiger partial charge in [0.2, 0.25) is 0 Å². The molecule has 0 saturated carbocycles. The highest BCUT2D eigenvalue weighted by atomic mass is 16.3. The molecule has 0 saturated heterocycles. The van der Waals surface area contributed by atoms with Crippen LogP contribution in [0.5, 0.6) is 0 Å².